The van der Waals surface area contributed by atoms with Crippen molar-refractivity contribution in [3.8, 4) is 0 Å². The van der Waals surface area contributed by atoms with Crippen LogP contribution in [0.5, 0.6) is 0 Å². The highest BCUT2D eigenvalue weighted by Crippen LogP contribution is 2.26. The number of nitrogens with one attached hydrogen (secondary N) is 1. The fourth-order valence-electron chi connectivity index (χ4n) is 3.15. The molecule has 1 saturated heterocycles. The van der Waals surface area contributed by atoms with Crippen molar-refractivity contribution < 1.29 is 14.7 Å². The lowest BCUT2D eigenvalue weighted by molar-refractivity contribution is -0.136. The lowest BCUT2D eigenvalue weighted by Gasteiger charge is -2.35. The van der Waals surface area contributed by atoms with Crippen LogP contribution in [-0.2, 0) is 22.6 Å². The third-order valence-electron chi connectivity index (χ3n) is 4.26. The molecule has 1 amide bonds. The zero-order valence-electron chi connectivity index (χ0n) is 13.3. The van der Waals surface area contributed by atoms with Gasteiger partial charge in [0.05, 0.1) is 6.42 Å². The van der Waals surface area contributed by atoms with Gasteiger partial charge in [-0.1, -0.05) is 54.6 Å². The summed E-state index contributed by atoms with van der Waals surface area (Å²) in [5, 5.41) is 12.0. The van der Waals surface area contributed by atoms with Crippen molar-refractivity contribution in [2.24, 2.45) is 0 Å². The maximum Gasteiger partial charge on any atom is 0.307 e. The van der Waals surface area contributed by atoms with Gasteiger partial charge in [-0.3, -0.25) is 14.5 Å². The van der Waals surface area contributed by atoms with E-state index in [4.69, 9.17) is 5.11 Å². The first-order valence-electron chi connectivity index (χ1n) is 8.00. The smallest absolute Gasteiger partial charge is 0.307 e. The van der Waals surface area contributed by atoms with E-state index in [1.807, 2.05) is 54.6 Å². The van der Waals surface area contributed by atoms with E-state index in [0.29, 0.717) is 13.1 Å². The van der Waals surface area contributed by atoms with Gasteiger partial charge in [-0.05, 0) is 16.7 Å². The van der Waals surface area contributed by atoms with Gasteiger partial charge in [0.1, 0.15) is 6.04 Å². The third kappa shape index (κ3) is 3.63. The maximum atomic E-state index is 12.4. The number of hydrogen-bond acceptors (Lipinski definition) is 3. The van der Waals surface area contributed by atoms with E-state index in [9.17, 15) is 9.59 Å². The van der Waals surface area contributed by atoms with Gasteiger partial charge in [0.25, 0.3) is 0 Å². The molecule has 0 aliphatic carbocycles. The average molecular weight is 324 g/mol. The quantitative estimate of drug-likeness (QED) is 0.882. The monoisotopic (exact) mass is 324 g/mol. The number of carboxylic acid groups (broad SMARTS) is 1. The van der Waals surface area contributed by atoms with Crippen LogP contribution in [0.25, 0.3) is 0 Å². The number of aliphatic carboxylic acids is 1. The van der Waals surface area contributed by atoms with Crippen LogP contribution in [0.3, 0.4) is 0 Å². The Bertz CT molecular complexity index is 730. The van der Waals surface area contributed by atoms with Gasteiger partial charge in [-0.25, -0.2) is 0 Å². The first kappa shape index (κ1) is 16.2. The third-order valence-corrected chi connectivity index (χ3v) is 4.26. The second kappa shape index (κ2) is 7.27. The Morgan fingerprint density at radius 2 is 1.75 bits per heavy atom. The molecule has 0 radical (unpaired) electrons. The van der Waals surface area contributed by atoms with Crippen LogP contribution < -0.4 is 5.32 Å². The number of carboxylic acids is 1. The lowest BCUT2D eigenvalue weighted by atomic mass is 9.99. The summed E-state index contributed by atoms with van der Waals surface area (Å²) in [4.78, 5) is 25.6. The molecule has 1 aliphatic rings. The molecule has 0 spiro atoms. The molecule has 2 aromatic rings. The Kier molecular flexibility index (Phi) is 4.91. The first-order chi connectivity index (χ1) is 11.6. The Hall–Kier alpha value is -2.66. The predicted molar refractivity (Wildman–Crippen MR) is 90.4 cm³/mol. The number of piperazine rings is 1. The summed E-state index contributed by atoms with van der Waals surface area (Å²) in [6.07, 6.45) is -0.00772. The topological polar surface area (TPSA) is 69.6 Å². The van der Waals surface area contributed by atoms with E-state index in [1.165, 1.54) is 0 Å². The van der Waals surface area contributed by atoms with Crippen molar-refractivity contribution in [3.05, 3.63) is 71.3 Å². The maximum absolute atomic E-state index is 12.4. The molecule has 0 bridgehead atoms. The van der Waals surface area contributed by atoms with Crippen LogP contribution in [0.4, 0.5) is 0 Å². The normalized spacial score (nSPS) is 18.2. The number of amides is 1. The van der Waals surface area contributed by atoms with Crippen LogP contribution in [-0.4, -0.2) is 35.0 Å². The molecule has 2 aromatic carbocycles. The van der Waals surface area contributed by atoms with Crippen LogP contribution in [0.1, 0.15) is 22.7 Å². The van der Waals surface area contributed by atoms with Gasteiger partial charge >= 0.3 is 5.97 Å². The minimum absolute atomic E-state index is 0.00772. The van der Waals surface area contributed by atoms with Gasteiger partial charge in [0, 0.05) is 19.6 Å². The van der Waals surface area contributed by atoms with Gasteiger partial charge in [0.15, 0.2) is 0 Å². The molecule has 1 unspecified atom stereocenters. The zero-order chi connectivity index (χ0) is 16.9. The second-order valence-corrected chi connectivity index (χ2v) is 5.91. The van der Waals surface area contributed by atoms with E-state index < -0.39 is 5.97 Å². The van der Waals surface area contributed by atoms with Gasteiger partial charge in [-0.15, -0.1) is 0 Å². The van der Waals surface area contributed by atoms with Crippen molar-refractivity contribution in [2.45, 2.75) is 19.0 Å². The number of hydrogen-bond donors (Lipinski definition) is 2. The van der Waals surface area contributed by atoms with E-state index in [2.05, 4.69) is 10.2 Å². The largest absolute Gasteiger partial charge is 0.481 e. The SMILES string of the molecule is O=C(O)Cc1ccccc1CN1CCNC(=O)C1c1ccccc1. The zero-order valence-corrected chi connectivity index (χ0v) is 13.3. The predicted octanol–water partition coefficient (Wildman–Crippen LogP) is 1.99. The van der Waals surface area contributed by atoms with Gasteiger partial charge < -0.3 is 10.4 Å². The molecular formula is C19H20N2O3. The fourth-order valence-corrected chi connectivity index (χ4v) is 3.15. The minimum atomic E-state index is -0.849. The van der Waals surface area contributed by atoms with Crippen molar-refractivity contribution in [1.29, 1.82) is 0 Å². The number of benzene rings is 2. The second-order valence-electron chi connectivity index (χ2n) is 5.91. The summed E-state index contributed by atoms with van der Waals surface area (Å²) >= 11 is 0. The van der Waals surface area contributed by atoms with Crippen molar-refractivity contribution >= 4 is 11.9 Å². The summed E-state index contributed by atoms with van der Waals surface area (Å²) < 4.78 is 0. The van der Waals surface area contributed by atoms with E-state index in [-0.39, 0.29) is 18.4 Å². The molecule has 3 rings (SSSR count). The molecule has 0 aromatic heterocycles. The molecule has 1 fully saturated rings. The molecule has 5 nitrogen and oxygen atoms in total. The number of nitrogens with zero attached hydrogens (tertiary/aromatic N) is 1. The summed E-state index contributed by atoms with van der Waals surface area (Å²) in [6, 6.07) is 16.9. The fraction of sp³-hybridized carbons (Fsp3) is 0.263. The highest BCUT2D eigenvalue weighted by atomic mass is 16.4. The van der Waals surface area contributed by atoms with Crippen molar-refractivity contribution in [3.63, 3.8) is 0 Å². The minimum Gasteiger partial charge on any atom is -0.481 e. The standard InChI is InChI=1S/C19H20N2O3/c22-17(23)12-15-8-4-5-9-16(15)13-21-11-10-20-19(24)18(21)14-6-2-1-3-7-14/h1-9,18H,10-13H2,(H,20,24)(H,22,23). The average Bonchev–Trinajstić information content (AvgIpc) is 2.57. The molecule has 1 aliphatic heterocycles. The Balaban J connectivity index is 1.87. The molecule has 24 heavy (non-hydrogen) atoms. The van der Waals surface area contributed by atoms with E-state index >= 15 is 0 Å². The molecule has 124 valence electrons. The Labute approximate surface area is 140 Å². The Morgan fingerprint density at radius 1 is 1.08 bits per heavy atom. The lowest BCUT2D eigenvalue weighted by Crippen LogP contribution is -2.49. The molecular weight excluding hydrogens is 304 g/mol. The van der Waals surface area contributed by atoms with Crippen LogP contribution in [0.2, 0.25) is 0 Å². The summed E-state index contributed by atoms with van der Waals surface area (Å²) in [6.45, 7) is 1.88. The highest BCUT2D eigenvalue weighted by molar-refractivity contribution is 5.83. The molecule has 5 heteroatoms. The molecule has 1 atom stereocenters. The van der Waals surface area contributed by atoms with Crippen molar-refractivity contribution in [2.75, 3.05) is 13.1 Å². The van der Waals surface area contributed by atoms with Gasteiger partial charge in [0.2, 0.25) is 5.91 Å². The molecule has 2 N–H and O–H groups in total. The van der Waals surface area contributed by atoms with Crippen molar-refractivity contribution in [1.82, 2.24) is 10.2 Å². The first-order valence-corrected chi connectivity index (χ1v) is 8.00. The number of rotatable bonds is 5. The van der Waals surface area contributed by atoms with E-state index in [0.717, 1.165) is 23.2 Å². The Morgan fingerprint density at radius 3 is 2.46 bits per heavy atom. The number of carbonyl (C=O) groups excluding carboxylic acids is 1. The molecule has 1 heterocycles. The van der Waals surface area contributed by atoms with Gasteiger partial charge in [-0.2, -0.15) is 0 Å². The number of carbonyl (C=O) groups is 2. The summed E-state index contributed by atoms with van der Waals surface area (Å²) in [5.74, 6) is -0.860. The van der Waals surface area contributed by atoms with Crippen LogP contribution >= 0.6 is 0 Å². The molecule has 0 saturated carbocycles. The summed E-state index contributed by atoms with van der Waals surface area (Å²) in [7, 11) is 0. The summed E-state index contributed by atoms with van der Waals surface area (Å²) in [5.41, 5.74) is 2.70. The van der Waals surface area contributed by atoms with Crippen LogP contribution in [0, 0.1) is 0 Å². The van der Waals surface area contributed by atoms with Crippen LogP contribution in [0.15, 0.2) is 54.6 Å². The highest BCUT2D eigenvalue weighted by Gasteiger charge is 2.31. The van der Waals surface area contributed by atoms with E-state index in [1.54, 1.807) is 0 Å².